The van der Waals surface area contributed by atoms with E-state index in [0.717, 1.165) is 24.3 Å². The van der Waals surface area contributed by atoms with Gasteiger partial charge < -0.3 is 8.61 Å². The van der Waals surface area contributed by atoms with Crippen molar-refractivity contribution in [3.8, 4) is 0 Å². The van der Waals surface area contributed by atoms with Crippen molar-refractivity contribution >= 4 is 53.5 Å². The zero-order valence-electron chi connectivity index (χ0n) is 15.5. The molecular weight excluding hydrogens is 502 g/mol. The minimum atomic E-state index is -0.321. The Labute approximate surface area is 193 Å². The van der Waals surface area contributed by atoms with Gasteiger partial charge in [0.15, 0.2) is 0 Å². The van der Waals surface area contributed by atoms with Crippen molar-refractivity contribution in [2.24, 2.45) is 4.99 Å². The molecule has 1 aliphatic rings. The summed E-state index contributed by atoms with van der Waals surface area (Å²) in [6.07, 6.45) is 7.19. The molecule has 0 aliphatic carbocycles. The Bertz CT molecular complexity index is 765. The van der Waals surface area contributed by atoms with Crippen LogP contribution in [0.4, 0.5) is 10.1 Å². The van der Waals surface area contributed by atoms with E-state index in [1.165, 1.54) is 18.2 Å². The summed E-state index contributed by atoms with van der Waals surface area (Å²) in [6, 6.07) is 11.4. The van der Waals surface area contributed by atoms with Crippen LogP contribution in [0.5, 0.6) is 0 Å². The van der Waals surface area contributed by atoms with Gasteiger partial charge in [-0.15, -0.1) is 30.0 Å². The molecule has 0 aromatic heterocycles. The summed E-state index contributed by atoms with van der Waals surface area (Å²) in [5, 5.41) is 0.649. The largest absolute Gasteiger partial charge is 2.00 e. The molecule has 0 spiro atoms. The minimum Gasteiger partial charge on any atom is -0.386 e. The summed E-state index contributed by atoms with van der Waals surface area (Å²) in [6.45, 7) is 9.92. The van der Waals surface area contributed by atoms with Crippen LogP contribution in [0.1, 0.15) is 11.1 Å². The first-order chi connectivity index (χ1) is 13.0. The monoisotopic (exact) mass is 523 g/mol. The first kappa shape index (κ1) is 25.3. The number of hydrogen-bond donors (Lipinski definition) is 0. The van der Waals surface area contributed by atoms with Crippen LogP contribution in [0.15, 0.2) is 47.5 Å². The number of nitrogens with zero attached hydrogens (tertiary/aromatic N) is 3. The van der Waals surface area contributed by atoms with Gasteiger partial charge in [-0.05, 0) is 62.0 Å². The van der Waals surface area contributed by atoms with Gasteiger partial charge in [-0.1, -0.05) is 17.2 Å². The second-order valence-electron chi connectivity index (χ2n) is 5.44. The average molecular weight is 523 g/mol. The van der Waals surface area contributed by atoms with Crippen LogP contribution in [0, 0.1) is 19.1 Å². The van der Waals surface area contributed by atoms with Crippen molar-refractivity contribution in [1.29, 1.82) is 0 Å². The van der Waals surface area contributed by atoms with Crippen molar-refractivity contribution in [1.82, 2.24) is 8.61 Å². The van der Waals surface area contributed by atoms with Crippen molar-refractivity contribution in [2.45, 2.75) is 0 Å². The van der Waals surface area contributed by atoms with Crippen molar-refractivity contribution in [3.05, 3.63) is 77.7 Å². The fourth-order valence-electron chi connectivity index (χ4n) is 2.21. The zero-order chi connectivity index (χ0) is 19.6. The van der Waals surface area contributed by atoms with Gasteiger partial charge >= 0.3 is 19.5 Å². The van der Waals surface area contributed by atoms with E-state index in [0.29, 0.717) is 10.6 Å². The SMILES string of the molecule is CSN1[CH-]N(SC)CC1.[CH-]=Cc1ccc(F)cc1C=Nc1ccc(Cl)cc1.[Ru+2]. The molecule has 3 rings (SSSR count). The molecule has 3 nitrogen and oxygen atoms in total. The maximum absolute atomic E-state index is 13.1. The van der Waals surface area contributed by atoms with Gasteiger partial charge in [0, 0.05) is 11.2 Å². The number of rotatable bonds is 5. The van der Waals surface area contributed by atoms with E-state index in [4.69, 9.17) is 18.2 Å². The molecule has 8 heteroatoms. The molecule has 1 heterocycles. The molecule has 2 aromatic rings. The topological polar surface area (TPSA) is 18.8 Å². The molecular formula is C20H21ClFN3RuS2. The van der Waals surface area contributed by atoms with E-state index in [1.807, 2.05) is 0 Å². The molecule has 1 saturated heterocycles. The predicted octanol–water partition coefficient (Wildman–Crippen LogP) is 5.95. The number of aliphatic imine (C=N–C) groups is 1. The van der Waals surface area contributed by atoms with E-state index < -0.39 is 0 Å². The van der Waals surface area contributed by atoms with Crippen LogP contribution in [-0.2, 0) is 19.5 Å². The first-order valence-corrected chi connectivity index (χ1v) is 10.9. The van der Waals surface area contributed by atoms with Crippen LogP contribution in [0.2, 0.25) is 5.02 Å². The van der Waals surface area contributed by atoms with Crippen molar-refractivity contribution < 1.29 is 23.9 Å². The number of benzene rings is 2. The smallest absolute Gasteiger partial charge is 0.386 e. The Morgan fingerprint density at radius 2 is 1.68 bits per heavy atom. The Morgan fingerprint density at radius 3 is 2.18 bits per heavy atom. The molecule has 1 aliphatic heterocycles. The molecule has 2 aromatic carbocycles. The van der Waals surface area contributed by atoms with E-state index in [2.05, 4.69) is 32.8 Å². The predicted molar refractivity (Wildman–Crippen MR) is 119 cm³/mol. The Hall–Kier alpha value is -0.687. The molecule has 150 valence electrons. The molecule has 0 atom stereocenters. The Morgan fingerprint density at radius 1 is 1.07 bits per heavy atom. The third-order valence-corrected chi connectivity index (χ3v) is 5.42. The maximum atomic E-state index is 13.1. The van der Waals surface area contributed by atoms with Gasteiger partial charge in [-0.25, -0.2) is 10.5 Å². The van der Waals surface area contributed by atoms with E-state index in [9.17, 15) is 4.39 Å². The van der Waals surface area contributed by atoms with Crippen LogP contribution in [-0.4, -0.2) is 40.4 Å². The second-order valence-corrected chi connectivity index (χ2v) is 7.54. The van der Waals surface area contributed by atoms with E-state index in [1.54, 1.807) is 60.4 Å². The summed E-state index contributed by atoms with van der Waals surface area (Å²) in [5.41, 5.74) is 2.10. The quantitative estimate of drug-likeness (QED) is 0.209. The fourth-order valence-corrected chi connectivity index (χ4v) is 3.34. The second kappa shape index (κ2) is 13.5. The molecule has 28 heavy (non-hydrogen) atoms. The standard InChI is InChI=1S/C15H10ClFN.C5H11N2S2.Ru/c1-2-11-3-6-14(17)9-12(11)10-18-15-7-4-13(16)5-8-15;1-8-6-3-4-7(5-6)9-2;/h1-10H;5H,3-4H2,1-2H3;/q2*-1;+2. The van der Waals surface area contributed by atoms with Crippen LogP contribution >= 0.6 is 35.5 Å². The Kier molecular flexibility index (Phi) is 12.2. The van der Waals surface area contributed by atoms with Crippen LogP contribution in [0.25, 0.3) is 6.08 Å². The van der Waals surface area contributed by atoms with Gasteiger partial charge in [0.25, 0.3) is 0 Å². The van der Waals surface area contributed by atoms with Crippen LogP contribution in [0.3, 0.4) is 0 Å². The number of hydrogen-bond acceptors (Lipinski definition) is 5. The van der Waals surface area contributed by atoms with E-state index >= 15 is 0 Å². The van der Waals surface area contributed by atoms with Crippen LogP contribution < -0.4 is 0 Å². The summed E-state index contributed by atoms with van der Waals surface area (Å²) in [4.78, 5) is 4.24. The van der Waals surface area contributed by atoms with Crippen molar-refractivity contribution in [3.63, 3.8) is 0 Å². The van der Waals surface area contributed by atoms with Crippen molar-refractivity contribution in [2.75, 3.05) is 25.6 Å². The van der Waals surface area contributed by atoms with Gasteiger partial charge in [-0.3, -0.25) is 11.6 Å². The molecule has 0 radical (unpaired) electrons. The van der Waals surface area contributed by atoms with Gasteiger partial charge in [0.2, 0.25) is 0 Å². The summed E-state index contributed by atoms with van der Waals surface area (Å²) in [7, 11) is 0. The maximum Gasteiger partial charge on any atom is 2.00 e. The third-order valence-electron chi connectivity index (χ3n) is 3.68. The molecule has 0 bridgehead atoms. The molecule has 1 fully saturated rings. The van der Waals surface area contributed by atoms with Gasteiger partial charge in [0.1, 0.15) is 5.82 Å². The normalized spacial score (nSPS) is 14.4. The van der Waals surface area contributed by atoms with E-state index in [-0.39, 0.29) is 25.3 Å². The third kappa shape index (κ3) is 8.36. The summed E-state index contributed by atoms with van der Waals surface area (Å²) in [5.74, 6) is -0.321. The van der Waals surface area contributed by atoms with Gasteiger partial charge in [-0.2, -0.15) is 12.2 Å². The fraction of sp³-hybridized carbons (Fsp3) is 0.200. The molecule has 0 unspecified atom stereocenters. The van der Waals surface area contributed by atoms with Gasteiger partial charge in [0.05, 0.1) is 5.69 Å². The average Bonchev–Trinajstić information content (AvgIpc) is 3.16. The Balaban J connectivity index is 0.000000332. The first-order valence-electron chi connectivity index (χ1n) is 8.16. The minimum absolute atomic E-state index is 0. The summed E-state index contributed by atoms with van der Waals surface area (Å²) >= 11 is 9.32. The molecule has 0 amide bonds. The zero-order valence-corrected chi connectivity index (χ0v) is 19.7. The molecule has 0 saturated carbocycles. The molecule has 0 N–H and O–H groups in total. The summed E-state index contributed by atoms with van der Waals surface area (Å²) < 4.78 is 17.6. The number of halogens is 2.